The summed E-state index contributed by atoms with van der Waals surface area (Å²) in [5, 5.41) is 0. The van der Waals surface area contributed by atoms with Crippen LogP contribution in [0.15, 0.2) is 54.6 Å². The summed E-state index contributed by atoms with van der Waals surface area (Å²) in [7, 11) is 2.45. The highest BCUT2D eigenvalue weighted by Crippen LogP contribution is 2.21. The molecule has 1 unspecified atom stereocenters. The normalized spacial score (nSPS) is 16.7. The molecular formula is C23H31FN2O. The van der Waals surface area contributed by atoms with Gasteiger partial charge in [-0.05, 0) is 37.0 Å². The molecule has 0 aromatic heterocycles. The highest BCUT2D eigenvalue weighted by Gasteiger charge is 2.29. The summed E-state index contributed by atoms with van der Waals surface area (Å²) in [4.78, 5) is 17.0. The summed E-state index contributed by atoms with van der Waals surface area (Å²) in [6, 6.07) is 19.6. The molecule has 2 aromatic carbocycles. The van der Waals surface area contributed by atoms with Crippen LogP contribution in [0.2, 0.25) is 0 Å². The zero-order valence-corrected chi connectivity index (χ0v) is 16.9. The molecule has 2 aromatic rings. The van der Waals surface area contributed by atoms with Gasteiger partial charge in [0.05, 0.1) is 13.6 Å². The number of carbonyl (C=O) groups is 1. The predicted octanol–water partition coefficient (Wildman–Crippen LogP) is 4.42. The Morgan fingerprint density at radius 2 is 1.67 bits per heavy atom. The molecule has 0 bridgehead atoms. The smallest absolute Gasteiger partial charge is 0.227 e. The van der Waals surface area contributed by atoms with E-state index in [1.165, 1.54) is 11.1 Å². The standard InChI is InChI=1S/C22H28N2O.CH3F/c1-17(2)24-14-13-21(16-24)23(3)22(25)15-18-9-11-20(12-10-18)19-7-5-4-6-8-19;1-2/h4-12,17,21H,13-16H2,1-3H3;1H3. The second-order valence-electron chi connectivity index (χ2n) is 7.28. The quantitative estimate of drug-likeness (QED) is 0.778. The van der Waals surface area contributed by atoms with Crippen molar-refractivity contribution < 1.29 is 9.18 Å². The predicted molar refractivity (Wildman–Crippen MR) is 110 cm³/mol. The number of nitrogens with zero attached hydrogens (tertiary/aromatic N) is 2. The van der Waals surface area contributed by atoms with Crippen molar-refractivity contribution in [1.82, 2.24) is 9.80 Å². The van der Waals surface area contributed by atoms with E-state index in [4.69, 9.17) is 0 Å². The summed E-state index contributed by atoms with van der Waals surface area (Å²) in [6.45, 7) is 6.52. The number of amides is 1. The first-order valence-corrected chi connectivity index (χ1v) is 9.56. The van der Waals surface area contributed by atoms with Gasteiger partial charge in [-0.3, -0.25) is 14.1 Å². The third kappa shape index (κ3) is 5.64. The molecule has 1 atom stereocenters. The van der Waals surface area contributed by atoms with E-state index in [0.717, 1.165) is 25.1 Å². The number of likely N-dealkylation sites (tertiary alicyclic amines) is 1. The van der Waals surface area contributed by atoms with Crippen molar-refractivity contribution in [3.63, 3.8) is 0 Å². The largest absolute Gasteiger partial charge is 0.341 e. The Morgan fingerprint density at radius 1 is 1.07 bits per heavy atom. The van der Waals surface area contributed by atoms with E-state index < -0.39 is 0 Å². The Balaban J connectivity index is 0.00000126. The van der Waals surface area contributed by atoms with E-state index in [2.05, 4.69) is 55.1 Å². The lowest BCUT2D eigenvalue weighted by Crippen LogP contribution is -2.40. The van der Waals surface area contributed by atoms with Gasteiger partial charge in [0.15, 0.2) is 0 Å². The molecule has 27 heavy (non-hydrogen) atoms. The van der Waals surface area contributed by atoms with Gasteiger partial charge in [-0.2, -0.15) is 0 Å². The summed E-state index contributed by atoms with van der Waals surface area (Å²) >= 11 is 0. The van der Waals surface area contributed by atoms with Gasteiger partial charge in [0.25, 0.3) is 0 Å². The molecule has 1 amide bonds. The fourth-order valence-corrected chi connectivity index (χ4v) is 3.50. The van der Waals surface area contributed by atoms with E-state index >= 15 is 0 Å². The van der Waals surface area contributed by atoms with Crippen molar-refractivity contribution in [1.29, 1.82) is 0 Å². The lowest BCUT2D eigenvalue weighted by Gasteiger charge is -2.26. The van der Waals surface area contributed by atoms with Gasteiger partial charge in [-0.1, -0.05) is 54.6 Å². The van der Waals surface area contributed by atoms with Crippen LogP contribution in [0.3, 0.4) is 0 Å². The van der Waals surface area contributed by atoms with Gasteiger partial charge in [-0.15, -0.1) is 0 Å². The second-order valence-corrected chi connectivity index (χ2v) is 7.28. The van der Waals surface area contributed by atoms with Crippen LogP contribution in [0.1, 0.15) is 25.8 Å². The Hall–Kier alpha value is -2.20. The molecule has 0 N–H and O–H groups in total. The molecular weight excluding hydrogens is 339 g/mol. The number of benzene rings is 2. The summed E-state index contributed by atoms with van der Waals surface area (Å²) in [5.41, 5.74) is 3.47. The molecule has 0 saturated carbocycles. The van der Waals surface area contributed by atoms with Gasteiger partial charge in [0.2, 0.25) is 5.91 Å². The Labute approximate surface area is 162 Å². The molecule has 4 heteroatoms. The second kappa shape index (κ2) is 10.2. The molecule has 1 fully saturated rings. The zero-order chi connectivity index (χ0) is 19.8. The molecule has 1 aliphatic rings. The van der Waals surface area contributed by atoms with Crippen LogP contribution < -0.4 is 0 Å². The SMILES string of the molecule is CC(C)N1CCC(N(C)C(=O)Cc2ccc(-c3ccccc3)cc2)C1.CF. The number of rotatable bonds is 5. The van der Waals surface area contributed by atoms with Crippen LogP contribution in [0, 0.1) is 0 Å². The minimum Gasteiger partial charge on any atom is -0.341 e. The first-order valence-electron chi connectivity index (χ1n) is 9.56. The highest BCUT2D eigenvalue weighted by atomic mass is 19.1. The van der Waals surface area contributed by atoms with Crippen molar-refractivity contribution in [2.24, 2.45) is 0 Å². The number of hydrogen-bond acceptors (Lipinski definition) is 2. The molecule has 0 radical (unpaired) electrons. The van der Waals surface area contributed by atoms with Crippen molar-refractivity contribution >= 4 is 5.91 Å². The summed E-state index contributed by atoms with van der Waals surface area (Å²) in [5.74, 6) is 0.211. The number of likely N-dealkylation sites (N-methyl/N-ethyl adjacent to an activating group) is 1. The Morgan fingerprint density at radius 3 is 2.22 bits per heavy atom. The molecule has 0 spiro atoms. The first-order chi connectivity index (χ1) is 13.0. The minimum atomic E-state index is 0.211. The molecule has 1 heterocycles. The average Bonchev–Trinajstić information content (AvgIpc) is 3.21. The fraction of sp³-hybridized carbons (Fsp3) is 0.435. The van der Waals surface area contributed by atoms with Gasteiger partial charge < -0.3 is 4.90 Å². The van der Waals surface area contributed by atoms with Crippen LogP contribution in [-0.2, 0) is 11.2 Å². The van der Waals surface area contributed by atoms with E-state index in [9.17, 15) is 9.18 Å². The highest BCUT2D eigenvalue weighted by molar-refractivity contribution is 5.79. The monoisotopic (exact) mass is 370 g/mol. The van der Waals surface area contributed by atoms with Gasteiger partial charge in [-0.25, -0.2) is 0 Å². The number of hydrogen-bond donors (Lipinski definition) is 0. The van der Waals surface area contributed by atoms with Crippen molar-refractivity contribution in [3.8, 4) is 11.1 Å². The summed E-state index contributed by atoms with van der Waals surface area (Å²) in [6.07, 6.45) is 1.55. The van der Waals surface area contributed by atoms with Crippen LogP contribution in [0.4, 0.5) is 4.39 Å². The lowest BCUT2D eigenvalue weighted by molar-refractivity contribution is -0.131. The van der Waals surface area contributed by atoms with Crippen molar-refractivity contribution in [3.05, 3.63) is 60.2 Å². The van der Waals surface area contributed by atoms with Crippen molar-refractivity contribution in [2.75, 3.05) is 27.3 Å². The van der Waals surface area contributed by atoms with Crippen LogP contribution in [0.25, 0.3) is 11.1 Å². The Kier molecular flexibility index (Phi) is 7.99. The maximum Gasteiger partial charge on any atom is 0.227 e. The van der Waals surface area contributed by atoms with Gasteiger partial charge in [0.1, 0.15) is 0 Å². The first kappa shape index (κ1) is 21.1. The lowest BCUT2D eigenvalue weighted by atomic mass is 10.0. The average molecular weight is 371 g/mol. The molecule has 3 rings (SSSR count). The van der Waals surface area contributed by atoms with Crippen molar-refractivity contribution in [2.45, 2.75) is 38.8 Å². The number of alkyl halides is 1. The third-order valence-electron chi connectivity index (χ3n) is 5.28. The van der Waals surface area contributed by atoms with E-state index in [0.29, 0.717) is 25.7 Å². The molecule has 1 aliphatic heterocycles. The van der Waals surface area contributed by atoms with E-state index in [-0.39, 0.29) is 5.91 Å². The number of halogens is 1. The number of carbonyl (C=O) groups excluding carboxylic acids is 1. The van der Waals surface area contributed by atoms with E-state index in [1.54, 1.807) is 0 Å². The van der Waals surface area contributed by atoms with Crippen LogP contribution >= 0.6 is 0 Å². The van der Waals surface area contributed by atoms with Crippen LogP contribution in [0.5, 0.6) is 0 Å². The van der Waals surface area contributed by atoms with Gasteiger partial charge in [0, 0.05) is 32.2 Å². The molecule has 146 valence electrons. The van der Waals surface area contributed by atoms with E-state index in [1.807, 2.05) is 30.1 Å². The van der Waals surface area contributed by atoms with Gasteiger partial charge >= 0.3 is 0 Å². The zero-order valence-electron chi connectivity index (χ0n) is 16.9. The Bertz CT molecular complexity index is 700. The molecule has 3 nitrogen and oxygen atoms in total. The minimum absolute atomic E-state index is 0.211. The molecule has 0 aliphatic carbocycles. The third-order valence-corrected chi connectivity index (χ3v) is 5.28. The maximum atomic E-state index is 12.6. The van der Waals surface area contributed by atoms with Crippen LogP contribution in [-0.4, -0.2) is 55.1 Å². The topological polar surface area (TPSA) is 23.6 Å². The molecule has 1 saturated heterocycles. The fourth-order valence-electron chi connectivity index (χ4n) is 3.50. The summed E-state index contributed by atoms with van der Waals surface area (Å²) < 4.78 is 9.50. The maximum absolute atomic E-state index is 12.6.